The van der Waals surface area contributed by atoms with Gasteiger partial charge in [0.05, 0.1) is 4.47 Å². The number of nitrogens with zero attached hydrogens (tertiary/aromatic N) is 4. The van der Waals surface area contributed by atoms with Crippen LogP contribution in [0.3, 0.4) is 0 Å². The largest absolute Gasteiger partial charge is 0.296 e. The molecule has 15 heavy (non-hydrogen) atoms. The minimum absolute atomic E-state index is 0.124. The summed E-state index contributed by atoms with van der Waals surface area (Å²) in [5.41, 5.74) is 0.360. The number of carbonyl (C=O) groups is 1. The monoisotopic (exact) mass is 290 g/mol. The number of halogens is 2. The Labute approximate surface area is 100 Å². The Bertz CT molecular complexity index is 437. The Hall–Kier alpha value is -1.06. The van der Waals surface area contributed by atoms with Gasteiger partial charge in [-0.1, -0.05) is 0 Å². The molecule has 0 aliphatic heterocycles. The summed E-state index contributed by atoms with van der Waals surface area (Å²) in [5, 5.41) is 12.9. The Morgan fingerprint density at radius 3 is 2.80 bits per heavy atom. The second-order valence-electron chi connectivity index (χ2n) is 2.81. The van der Waals surface area contributed by atoms with Crippen LogP contribution in [0.15, 0.2) is 4.47 Å². The van der Waals surface area contributed by atoms with Crippen molar-refractivity contribution in [3.05, 3.63) is 10.2 Å². The molecule has 1 heterocycles. The van der Waals surface area contributed by atoms with E-state index in [0.717, 1.165) is 0 Å². The maximum atomic E-state index is 11.3. The molecule has 1 aromatic heterocycles. The van der Waals surface area contributed by atoms with Crippen LogP contribution in [-0.4, -0.2) is 28.6 Å². The molecule has 1 rings (SSSR count). The molecule has 5 nitrogen and oxygen atoms in total. The summed E-state index contributed by atoms with van der Waals surface area (Å²) in [6.45, 7) is 0. The number of aromatic nitrogens is 2. The van der Waals surface area contributed by atoms with E-state index in [1.807, 2.05) is 6.07 Å². The van der Waals surface area contributed by atoms with Crippen molar-refractivity contribution in [3.63, 3.8) is 0 Å². The average molecular weight is 292 g/mol. The molecule has 1 amide bonds. The lowest BCUT2D eigenvalue weighted by atomic mass is 10.4. The van der Waals surface area contributed by atoms with Crippen molar-refractivity contribution in [2.24, 2.45) is 7.05 Å². The molecule has 0 spiro atoms. The fourth-order valence-electron chi connectivity index (χ4n) is 1.03. The third kappa shape index (κ3) is 2.13. The van der Waals surface area contributed by atoms with Crippen LogP contribution in [0.25, 0.3) is 0 Å². The third-order valence-corrected chi connectivity index (χ3v) is 2.84. The lowest BCUT2D eigenvalue weighted by Crippen LogP contribution is -2.28. The van der Waals surface area contributed by atoms with Crippen molar-refractivity contribution >= 4 is 39.3 Å². The van der Waals surface area contributed by atoms with E-state index in [1.54, 1.807) is 14.1 Å². The summed E-state index contributed by atoms with van der Waals surface area (Å²) < 4.78 is 1.89. The average Bonchev–Trinajstić information content (AvgIpc) is 2.51. The van der Waals surface area contributed by atoms with Crippen LogP contribution in [0.2, 0.25) is 0 Å². The van der Waals surface area contributed by atoms with Crippen molar-refractivity contribution in [3.8, 4) is 6.07 Å². The predicted molar refractivity (Wildman–Crippen MR) is 59.8 cm³/mol. The minimum Gasteiger partial charge on any atom is -0.296 e. The highest BCUT2D eigenvalue weighted by molar-refractivity contribution is 9.10. The molecular weight excluding hydrogens is 283 g/mol. The number of alkyl halides is 1. The summed E-state index contributed by atoms with van der Waals surface area (Å²) in [7, 11) is 3.19. The quantitative estimate of drug-likeness (QED) is 0.771. The van der Waals surface area contributed by atoms with Crippen LogP contribution in [0, 0.1) is 11.3 Å². The predicted octanol–water partition coefficient (Wildman–Crippen LogP) is 1.26. The smallest absolute Gasteiger partial charge is 0.242 e. The van der Waals surface area contributed by atoms with Crippen molar-refractivity contribution in [2.75, 3.05) is 17.8 Å². The van der Waals surface area contributed by atoms with Gasteiger partial charge >= 0.3 is 0 Å². The molecule has 1 aromatic rings. The maximum absolute atomic E-state index is 11.3. The molecule has 0 N–H and O–H groups in total. The number of rotatable bonds is 2. The van der Waals surface area contributed by atoms with E-state index in [-0.39, 0.29) is 11.8 Å². The zero-order chi connectivity index (χ0) is 11.6. The van der Waals surface area contributed by atoms with E-state index < -0.39 is 0 Å². The van der Waals surface area contributed by atoms with E-state index in [4.69, 9.17) is 16.9 Å². The molecule has 0 unspecified atom stereocenters. The van der Waals surface area contributed by atoms with Gasteiger partial charge in [-0.15, -0.1) is 11.6 Å². The van der Waals surface area contributed by atoms with Crippen molar-refractivity contribution in [1.82, 2.24) is 9.78 Å². The van der Waals surface area contributed by atoms with Gasteiger partial charge in [0, 0.05) is 14.1 Å². The number of carbonyl (C=O) groups excluding carboxylic acids is 1. The molecule has 0 bridgehead atoms. The fraction of sp³-hybridized carbons (Fsp3) is 0.375. The maximum Gasteiger partial charge on any atom is 0.242 e. The van der Waals surface area contributed by atoms with Gasteiger partial charge in [0.15, 0.2) is 11.5 Å². The van der Waals surface area contributed by atoms with E-state index in [2.05, 4.69) is 21.0 Å². The summed E-state index contributed by atoms with van der Waals surface area (Å²) in [5.74, 6) is -0.0128. The lowest BCUT2D eigenvalue weighted by molar-refractivity contribution is -0.116. The Morgan fingerprint density at radius 1 is 1.80 bits per heavy atom. The topological polar surface area (TPSA) is 61.9 Å². The van der Waals surface area contributed by atoms with Crippen LogP contribution in [0.4, 0.5) is 5.82 Å². The molecule has 80 valence electrons. The SMILES string of the molecule is CN(C(=O)CCl)c1nn(C)c(C#N)c1Br. The van der Waals surface area contributed by atoms with Gasteiger partial charge in [0.1, 0.15) is 11.9 Å². The van der Waals surface area contributed by atoms with Gasteiger partial charge < -0.3 is 0 Å². The van der Waals surface area contributed by atoms with E-state index in [9.17, 15) is 4.79 Å². The number of hydrogen-bond donors (Lipinski definition) is 0. The van der Waals surface area contributed by atoms with Crippen LogP contribution in [-0.2, 0) is 11.8 Å². The number of aryl methyl sites for hydroxylation is 1. The molecule has 0 saturated carbocycles. The van der Waals surface area contributed by atoms with Gasteiger partial charge in [-0.25, -0.2) is 0 Å². The molecule has 0 aliphatic rings. The van der Waals surface area contributed by atoms with Crippen LogP contribution in [0.5, 0.6) is 0 Å². The van der Waals surface area contributed by atoms with E-state index in [1.165, 1.54) is 9.58 Å². The molecule has 0 saturated heterocycles. The van der Waals surface area contributed by atoms with Crippen molar-refractivity contribution in [2.45, 2.75) is 0 Å². The number of hydrogen-bond acceptors (Lipinski definition) is 3. The van der Waals surface area contributed by atoms with Crippen molar-refractivity contribution < 1.29 is 4.79 Å². The highest BCUT2D eigenvalue weighted by Crippen LogP contribution is 2.27. The van der Waals surface area contributed by atoms with Gasteiger partial charge in [0.25, 0.3) is 0 Å². The standard InChI is InChI=1S/C8H8BrClN4O/c1-13(6(15)3-10)8-7(9)5(4-11)14(2)12-8/h3H2,1-2H3. The Kier molecular flexibility index (Phi) is 3.72. The number of amides is 1. The highest BCUT2D eigenvalue weighted by atomic mass is 79.9. The van der Waals surface area contributed by atoms with Crippen LogP contribution >= 0.6 is 27.5 Å². The van der Waals surface area contributed by atoms with E-state index in [0.29, 0.717) is 16.0 Å². The normalized spacial score (nSPS) is 9.80. The molecule has 0 fully saturated rings. The summed E-state index contributed by atoms with van der Waals surface area (Å²) in [4.78, 5) is 12.6. The molecular formula is C8H8BrClN4O. The third-order valence-electron chi connectivity index (χ3n) is 1.88. The van der Waals surface area contributed by atoms with Gasteiger partial charge in [-0.05, 0) is 15.9 Å². The van der Waals surface area contributed by atoms with Gasteiger partial charge in [0.2, 0.25) is 5.91 Å². The molecule has 7 heteroatoms. The molecule has 0 atom stereocenters. The Balaban J connectivity index is 3.17. The first-order chi connectivity index (χ1) is 7.02. The van der Waals surface area contributed by atoms with Gasteiger partial charge in [-0.2, -0.15) is 10.4 Å². The zero-order valence-corrected chi connectivity index (χ0v) is 10.5. The van der Waals surface area contributed by atoms with E-state index >= 15 is 0 Å². The molecule has 0 aliphatic carbocycles. The second kappa shape index (κ2) is 4.64. The Morgan fingerprint density at radius 2 is 2.40 bits per heavy atom. The highest BCUT2D eigenvalue weighted by Gasteiger charge is 2.20. The first-order valence-electron chi connectivity index (χ1n) is 3.98. The van der Waals surface area contributed by atoms with Crippen LogP contribution in [0.1, 0.15) is 5.69 Å². The van der Waals surface area contributed by atoms with Gasteiger partial charge in [-0.3, -0.25) is 14.4 Å². The number of anilines is 1. The first kappa shape index (κ1) is 12.0. The zero-order valence-electron chi connectivity index (χ0n) is 8.16. The summed E-state index contributed by atoms with van der Waals surface area (Å²) >= 11 is 8.64. The summed E-state index contributed by atoms with van der Waals surface area (Å²) in [6, 6.07) is 1.98. The van der Waals surface area contributed by atoms with Crippen molar-refractivity contribution in [1.29, 1.82) is 5.26 Å². The molecule has 0 aromatic carbocycles. The lowest BCUT2D eigenvalue weighted by Gasteiger charge is -2.12. The fourth-order valence-corrected chi connectivity index (χ4v) is 1.90. The number of nitriles is 1. The van der Waals surface area contributed by atoms with Crippen LogP contribution < -0.4 is 4.90 Å². The first-order valence-corrected chi connectivity index (χ1v) is 5.30. The molecule has 0 radical (unpaired) electrons. The summed E-state index contributed by atoms with van der Waals surface area (Å²) in [6.07, 6.45) is 0. The second-order valence-corrected chi connectivity index (χ2v) is 3.87. The minimum atomic E-state index is -0.278.